The highest BCUT2D eigenvalue weighted by molar-refractivity contribution is 5.91. The van der Waals surface area contributed by atoms with E-state index in [4.69, 9.17) is 4.74 Å². The molecule has 0 bridgehead atoms. The predicted molar refractivity (Wildman–Crippen MR) is 83.0 cm³/mol. The van der Waals surface area contributed by atoms with Crippen LogP contribution in [0.5, 0.6) is 5.75 Å². The smallest absolute Gasteiger partial charge is 0.271 e. The van der Waals surface area contributed by atoms with Gasteiger partial charge in [-0.2, -0.15) is 5.10 Å². The zero-order valence-corrected chi connectivity index (χ0v) is 12.9. The van der Waals surface area contributed by atoms with Crippen LogP contribution in [0.1, 0.15) is 35.9 Å². The molecule has 1 aromatic carbocycles. The van der Waals surface area contributed by atoms with Crippen LogP contribution in [0.4, 0.5) is 0 Å². The van der Waals surface area contributed by atoms with Gasteiger partial charge in [0, 0.05) is 12.6 Å². The molecule has 0 fully saturated rings. The van der Waals surface area contributed by atoms with Crippen LogP contribution in [0.2, 0.25) is 0 Å². The van der Waals surface area contributed by atoms with E-state index in [0.29, 0.717) is 6.54 Å². The Morgan fingerprint density at radius 3 is 2.50 bits per heavy atom. The fourth-order valence-corrected chi connectivity index (χ4v) is 1.93. The molecule has 6 nitrogen and oxygen atoms in total. The molecule has 0 aliphatic rings. The Kier molecular flexibility index (Phi) is 4.93. The van der Waals surface area contributed by atoms with Gasteiger partial charge in [0.05, 0.1) is 13.2 Å². The average molecular weight is 301 g/mol. The van der Waals surface area contributed by atoms with E-state index in [2.05, 4.69) is 10.4 Å². The van der Waals surface area contributed by atoms with E-state index in [1.807, 2.05) is 38.1 Å². The number of aromatic nitrogens is 2. The van der Waals surface area contributed by atoms with Crippen molar-refractivity contribution in [2.45, 2.75) is 26.4 Å². The Bertz CT molecular complexity index is 705. The number of hydrogen-bond donors (Lipinski definition) is 1. The van der Waals surface area contributed by atoms with E-state index >= 15 is 0 Å². The first-order chi connectivity index (χ1) is 10.5. The first-order valence-electron chi connectivity index (χ1n) is 7.02. The molecule has 2 rings (SSSR count). The summed E-state index contributed by atoms with van der Waals surface area (Å²) < 4.78 is 6.38. The maximum atomic E-state index is 12.1. The largest absolute Gasteiger partial charge is 0.497 e. The van der Waals surface area contributed by atoms with Crippen LogP contribution in [0.15, 0.2) is 41.2 Å². The number of carbonyl (C=O) groups is 1. The minimum Gasteiger partial charge on any atom is -0.497 e. The Morgan fingerprint density at radius 1 is 1.23 bits per heavy atom. The summed E-state index contributed by atoms with van der Waals surface area (Å²) in [6.07, 6.45) is 0. The van der Waals surface area contributed by atoms with Crippen molar-refractivity contribution < 1.29 is 9.53 Å². The van der Waals surface area contributed by atoms with Gasteiger partial charge in [-0.25, -0.2) is 4.68 Å². The number of nitrogens with one attached hydrogen (secondary N) is 1. The lowest BCUT2D eigenvalue weighted by Crippen LogP contribution is -2.30. The van der Waals surface area contributed by atoms with Crippen molar-refractivity contribution in [3.05, 3.63) is 58.0 Å². The van der Waals surface area contributed by atoms with Crippen LogP contribution in [0, 0.1) is 0 Å². The molecule has 0 unspecified atom stereocenters. The molecule has 0 atom stereocenters. The summed E-state index contributed by atoms with van der Waals surface area (Å²) in [5.74, 6) is 0.450. The van der Waals surface area contributed by atoms with E-state index in [1.54, 1.807) is 7.11 Å². The summed E-state index contributed by atoms with van der Waals surface area (Å²) in [7, 11) is 1.60. The minimum absolute atomic E-state index is 0.0955. The topological polar surface area (TPSA) is 73.2 Å². The zero-order chi connectivity index (χ0) is 16.1. The molecule has 0 saturated carbocycles. The van der Waals surface area contributed by atoms with Gasteiger partial charge in [-0.3, -0.25) is 9.59 Å². The lowest BCUT2D eigenvalue weighted by Gasteiger charge is -2.10. The monoisotopic (exact) mass is 301 g/mol. The van der Waals surface area contributed by atoms with E-state index in [1.165, 1.54) is 16.8 Å². The summed E-state index contributed by atoms with van der Waals surface area (Å²) >= 11 is 0. The van der Waals surface area contributed by atoms with Crippen molar-refractivity contribution in [3.63, 3.8) is 0 Å². The van der Waals surface area contributed by atoms with Gasteiger partial charge in [0.25, 0.3) is 11.5 Å². The van der Waals surface area contributed by atoms with Gasteiger partial charge < -0.3 is 10.1 Å². The molecular weight excluding hydrogens is 282 g/mol. The van der Waals surface area contributed by atoms with Crippen molar-refractivity contribution in [1.82, 2.24) is 15.1 Å². The van der Waals surface area contributed by atoms with E-state index in [0.717, 1.165) is 11.3 Å². The second kappa shape index (κ2) is 6.89. The molecule has 116 valence electrons. The summed E-state index contributed by atoms with van der Waals surface area (Å²) in [4.78, 5) is 23.7. The molecule has 0 aliphatic carbocycles. The molecule has 1 heterocycles. The third-order valence-electron chi connectivity index (χ3n) is 3.16. The number of carbonyl (C=O) groups excluding carboxylic acids is 1. The van der Waals surface area contributed by atoms with E-state index < -0.39 is 0 Å². The molecular formula is C16H19N3O3. The highest BCUT2D eigenvalue weighted by atomic mass is 16.5. The predicted octanol–water partition coefficient (Wildman–Crippen LogP) is 1.76. The number of methoxy groups -OCH3 is 1. The maximum Gasteiger partial charge on any atom is 0.271 e. The third kappa shape index (κ3) is 3.72. The lowest BCUT2D eigenvalue weighted by molar-refractivity contribution is 0.0943. The first kappa shape index (κ1) is 15.8. The first-order valence-corrected chi connectivity index (χ1v) is 7.02. The van der Waals surface area contributed by atoms with Gasteiger partial charge in [0.1, 0.15) is 11.4 Å². The quantitative estimate of drug-likeness (QED) is 0.913. The minimum atomic E-state index is -0.315. The third-order valence-corrected chi connectivity index (χ3v) is 3.16. The Hall–Kier alpha value is -2.63. The van der Waals surface area contributed by atoms with Gasteiger partial charge in [-0.1, -0.05) is 12.1 Å². The lowest BCUT2D eigenvalue weighted by atomic mass is 10.2. The van der Waals surface area contributed by atoms with Crippen LogP contribution in [-0.4, -0.2) is 22.8 Å². The molecule has 1 N–H and O–H groups in total. The molecule has 1 amide bonds. The number of hydrogen-bond acceptors (Lipinski definition) is 4. The summed E-state index contributed by atoms with van der Waals surface area (Å²) in [6, 6.07) is 10.1. The molecule has 0 spiro atoms. The van der Waals surface area contributed by atoms with E-state index in [-0.39, 0.29) is 23.2 Å². The Balaban J connectivity index is 2.05. The second-order valence-electron chi connectivity index (χ2n) is 5.13. The number of benzene rings is 1. The number of ether oxygens (including phenoxy) is 1. The van der Waals surface area contributed by atoms with Crippen LogP contribution < -0.4 is 15.6 Å². The van der Waals surface area contributed by atoms with Gasteiger partial charge in [0.15, 0.2) is 0 Å². The molecule has 6 heteroatoms. The van der Waals surface area contributed by atoms with Gasteiger partial charge in [0.2, 0.25) is 0 Å². The molecule has 1 aromatic heterocycles. The molecule has 22 heavy (non-hydrogen) atoms. The van der Waals surface area contributed by atoms with Gasteiger partial charge >= 0.3 is 0 Å². The van der Waals surface area contributed by atoms with Crippen LogP contribution in [0.25, 0.3) is 0 Å². The van der Waals surface area contributed by atoms with Crippen molar-refractivity contribution in [2.75, 3.05) is 7.11 Å². The van der Waals surface area contributed by atoms with E-state index in [9.17, 15) is 9.59 Å². The number of amides is 1. The highest BCUT2D eigenvalue weighted by Crippen LogP contribution is 2.11. The Labute approximate surface area is 128 Å². The summed E-state index contributed by atoms with van der Waals surface area (Å²) in [5.41, 5.74) is 0.954. The normalized spacial score (nSPS) is 10.5. The highest BCUT2D eigenvalue weighted by Gasteiger charge is 2.10. The van der Waals surface area contributed by atoms with Crippen LogP contribution in [0.3, 0.4) is 0 Å². The number of nitrogens with zero attached hydrogens (tertiary/aromatic N) is 2. The van der Waals surface area contributed by atoms with Crippen molar-refractivity contribution in [2.24, 2.45) is 0 Å². The summed E-state index contributed by atoms with van der Waals surface area (Å²) in [5, 5.41) is 6.86. The van der Waals surface area contributed by atoms with Crippen LogP contribution >= 0.6 is 0 Å². The maximum absolute atomic E-state index is 12.1. The van der Waals surface area contributed by atoms with Crippen LogP contribution in [-0.2, 0) is 6.54 Å². The summed E-state index contributed by atoms with van der Waals surface area (Å²) in [6.45, 7) is 4.06. The van der Waals surface area contributed by atoms with Crippen molar-refractivity contribution >= 4 is 5.91 Å². The second-order valence-corrected chi connectivity index (χ2v) is 5.13. The molecule has 0 saturated heterocycles. The van der Waals surface area contributed by atoms with Crippen molar-refractivity contribution in [1.29, 1.82) is 0 Å². The number of rotatable bonds is 5. The fourth-order valence-electron chi connectivity index (χ4n) is 1.93. The van der Waals surface area contributed by atoms with Gasteiger partial charge in [-0.15, -0.1) is 0 Å². The SMILES string of the molecule is COc1ccc(CNC(=O)c2ccc(=O)n(C(C)C)n2)cc1. The molecule has 0 radical (unpaired) electrons. The molecule has 2 aromatic rings. The fraction of sp³-hybridized carbons (Fsp3) is 0.312. The van der Waals surface area contributed by atoms with Crippen molar-refractivity contribution in [3.8, 4) is 5.75 Å². The molecule has 0 aliphatic heterocycles. The Morgan fingerprint density at radius 2 is 1.91 bits per heavy atom. The van der Waals surface area contributed by atoms with Gasteiger partial charge in [-0.05, 0) is 37.6 Å². The zero-order valence-electron chi connectivity index (χ0n) is 12.9. The standard InChI is InChI=1S/C16H19N3O3/c1-11(2)19-15(20)9-8-14(18-19)16(21)17-10-12-4-6-13(22-3)7-5-12/h4-9,11H,10H2,1-3H3,(H,17,21). The average Bonchev–Trinajstić information content (AvgIpc) is 2.53.